The highest BCUT2D eigenvalue weighted by atomic mass is 16.3. The first-order valence-corrected chi connectivity index (χ1v) is 24.4. The lowest BCUT2D eigenvalue weighted by atomic mass is 9.99. The molecular weight excluding hydrogens is 671 g/mol. The topological polar surface area (TPSA) is 110 Å². The van der Waals surface area contributed by atoms with Crippen LogP contribution < -0.4 is 5.32 Å². The molecule has 0 aromatic heterocycles. The van der Waals surface area contributed by atoms with E-state index in [1.807, 2.05) is 0 Å². The van der Waals surface area contributed by atoms with Gasteiger partial charge in [0, 0.05) is 0 Å². The molecule has 1 amide bonds. The quantitative estimate of drug-likeness (QED) is 0.0396. The minimum atomic E-state index is -1.25. The van der Waals surface area contributed by atoms with E-state index in [-0.39, 0.29) is 0 Å². The number of aliphatic hydroxyl groups is 4. The summed E-state index contributed by atoms with van der Waals surface area (Å²) in [5.74, 6) is -0.582. The molecule has 0 aliphatic heterocycles. The Hall–Kier alpha value is -0.690. The molecule has 0 bridgehead atoms. The molecule has 54 heavy (non-hydrogen) atoms. The molecule has 0 aliphatic rings. The Morgan fingerprint density at radius 2 is 0.630 bits per heavy atom. The SMILES string of the molecule is CCCCCCCCCCCCCCCCCCCCCCCCCCCCCCC(O)C(O)C(CO)NC(=O)C(O)CCCCCCCCCCCC. The largest absolute Gasteiger partial charge is 0.394 e. The van der Waals surface area contributed by atoms with Gasteiger partial charge in [-0.2, -0.15) is 0 Å². The number of carbonyl (C=O) groups excluding carboxylic acids is 1. The van der Waals surface area contributed by atoms with Crippen molar-refractivity contribution >= 4 is 5.91 Å². The second-order valence-electron chi connectivity index (χ2n) is 17.2. The molecule has 5 N–H and O–H groups in total. The predicted octanol–water partition coefficient (Wildman–Crippen LogP) is 13.2. The van der Waals surface area contributed by atoms with Gasteiger partial charge in [0.2, 0.25) is 5.91 Å². The van der Waals surface area contributed by atoms with Crippen LogP contribution in [-0.4, -0.2) is 57.3 Å². The van der Waals surface area contributed by atoms with Crippen LogP contribution >= 0.6 is 0 Å². The molecule has 0 aromatic carbocycles. The molecule has 0 saturated carbocycles. The molecule has 0 rings (SSSR count). The molecule has 324 valence electrons. The first-order valence-electron chi connectivity index (χ1n) is 24.4. The Kier molecular flexibility index (Phi) is 42.9. The summed E-state index contributed by atoms with van der Waals surface area (Å²) in [7, 11) is 0. The van der Waals surface area contributed by atoms with Gasteiger partial charge in [0.15, 0.2) is 0 Å². The van der Waals surface area contributed by atoms with Gasteiger partial charge in [0.25, 0.3) is 0 Å². The van der Waals surface area contributed by atoms with Gasteiger partial charge in [-0.15, -0.1) is 0 Å². The molecule has 0 radical (unpaired) electrons. The maximum atomic E-state index is 12.5. The van der Waals surface area contributed by atoms with Crippen molar-refractivity contribution in [1.82, 2.24) is 5.32 Å². The number of hydrogen-bond acceptors (Lipinski definition) is 5. The highest BCUT2D eigenvalue weighted by Crippen LogP contribution is 2.18. The Morgan fingerprint density at radius 1 is 0.389 bits per heavy atom. The molecule has 0 aromatic rings. The van der Waals surface area contributed by atoms with Crippen molar-refractivity contribution in [3.05, 3.63) is 0 Å². The van der Waals surface area contributed by atoms with Crippen LogP contribution in [0.4, 0.5) is 0 Å². The van der Waals surface area contributed by atoms with Gasteiger partial charge in [-0.1, -0.05) is 258 Å². The smallest absolute Gasteiger partial charge is 0.249 e. The third-order valence-electron chi connectivity index (χ3n) is 11.8. The highest BCUT2D eigenvalue weighted by Gasteiger charge is 2.28. The Morgan fingerprint density at radius 3 is 0.889 bits per heavy atom. The number of hydrogen-bond donors (Lipinski definition) is 5. The molecule has 0 aliphatic carbocycles. The van der Waals surface area contributed by atoms with Gasteiger partial charge in [0.05, 0.1) is 18.8 Å². The summed E-state index contributed by atoms with van der Waals surface area (Å²) in [6, 6.07) is -0.978. The first-order chi connectivity index (χ1) is 26.5. The van der Waals surface area contributed by atoms with Crippen molar-refractivity contribution in [1.29, 1.82) is 0 Å². The van der Waals surface area contributed by atoms with Crippen molar-refractivity contribution in [3.8, 4) is 0 Å². The van der Waals surface area contributed by atoms with Gasteiger partial charge in [-0.3, -0.25) is 4.79 Å². The number of unbranched alkanes of at least 4 members (excludes halogenated alkanes) is 36. The van der Waals surface area contributed by atoms with Gasteiger partial charge in [-0.25, -0.2) is 0 Å². The molecule has 0 saturated heterocycles. The van der Waals surface area contributed by atoms with E-state index in [9.17, 15) is 25.2 Å². The van der Waals surface area contributed by atoms with E-state index in [1.54, 1.807) is 0 Å². The number of amides is 1. The monoisotopic (exact) mass is 768 g/mol. The summed E-state index contributed by atoms with van der Waals surface area (Å²) in [5.41, 5.74) is 0. The molecule has 0 fully saturated rings. The average Bonchev–Trinajstić information content (AvgIpc) is 3.18. The zero-order chi connectivity index (χ0) is 39.6. The standard InChI is InChI=1S/C48H97NO5/c1-3-5-7-9-11-13-15-16-17-18-19-20-21-22-23-24-25-26-27-28-29-30-31-32-34-35-37-39-41-45(51)47(53)44(43-50)49-48(54)46(52)42-40-38-36-33-14-12-10-8-6-4-2/h44-47,50-53H,3-43H2,1-2H3,(H,49,54). The van der Waals surface area contributed by atoms with Crippen LogP contribution in [0.15, 0.2) is 0 Å². The van der Waals surface area contributed by atoms with Crippen molar-refractivity contribution in [2.45, 2.75) is 295 Å². The first kappa shape index (κ1) is 53.3. The van der Waals surface area contributed by atoms with Crippen LogP contribution in [0.25, 0.3) is 0 Å². The van der Waals surface area contributed by atoms with Crippen LogP contribution in [0.1, 0.15) is 271 Å². The third kappa shape index (κ3) is 36.9. The fourth-order valence-electron chi connectivity index (χ4n) is 7.94. The highest BCUT2D eigenvalue weighted by molar-refractivity contribution is 5.80. The van der Waals surface area contributed by atoms with Gasteiger partial charge < -0.3 is 25.7 Å². The Bertz CT molecular complexity index is 736. The summed E-state index contributed by atoms with van der Waals surface area (Å²) >= 11 is 0. The zero-order valence-corrected chi connectivity index (χ0v) is 36.5. The summed E-state index contributed by atoms with van der Waals surface area (Å²) in [4.78, 5) is 12.5. The summed E-state index contributed by atoms with van der Waals surface area (Å²) < 4.78 is 0. The van der Waals surface area contributed by atoms with E-state index in [4.69, 9.17) is 0 Å². The Balaban J connectivity index is 3.54. The lowest BCUT2D eigenvalue weighted by Gasteiger charge is -2.27. The lowest BCUT2D eigenvalue weighted by Crippen LogP contribution is -2.53. The van der Waals surface area contributed by atoms with E-state index in [0.29, 0.717) is 12.8 Å². The van der Waals surface area contributed by atoms with Crippen molar-refractivity contribution in [2.75, 3.05) is 6.61 Å². The summed E-state index contributed by atoms with van der Waals surface area (Å²) in [6.07, 6.45) is 47.4. The number of nitrogens with one attached hydrogen (secondary N) is 1. The normalized spacial score (nSPS) is 14.0. The van der Waals surface area contributed by atoms with Crippen molar-refractivity contribution in [2.24, 2.45) is 0 Å². The molecular formula is C48H97NO5. The lowest BCUT2D eigenvalue weighted by molar-refractivity contribution is -0.132. The van der Waals surface area contributed by atoms with E-state index in [2.05, 4.69) is 19.2 Å². The minimum absolute atomic E-state index is 0.374. The molecule has 0 heterocycles. The minimum Gasteiger partial charge on any atom is -0.394 e. The van der Waals surface area contributed by atoms with Crippen LogP contribution in [0.5, 0.6) is 0 Å². The van der Waals surface area contributed by atoms with Crippen LogP contribution in [0.2, 0.25) is 0 Å². The second kappa shape index (κ2) is 43.4. The Labute approximate surface area is 337 Å². The molecule has 4 atom stereocenters. The van der Waals surface area contributed by atoms with E-state index < -0.39 is 36.9 Å². The molecule has 6 nitrogen and oxygen atoms in total. The van der Waals surface area contributed by atoms with Crippen molar-refractivity contribution in [3.63, 3.8) is 0 Å². The number of rotatable bonds is 45. The molecule has 4 unspecified atom stereocenters. The van der Waals surface area contributed by atoms with Gasteiger partial charge in [0.1, 0.15) is 12.2 Å². The molecule has 6 heteroatoms. The fourth-order valence-corrected chi connectivity index (χ4v) is 7.94. The van der Waals surface area contributed by atoms with E-state index in [1.165, 1.54) is 205 Å². The van der Waals surface area contributed by atoms with Gasteiger partial charge in [-0.05, 0) is 12.8 Å². The maximum Gasteiger partial charge on any atom is 0.249 e. The number of aliphatic hydroxyl groups excluding tert-OH is 4. The summed E-state index contributed by atoms with van der Waals surface area (Å²) in [5, 5.41) is 43.7. The van der Waals surface area contributed by atoms with Gasteiger partial charge >= 0.3 is 0 Å². The van der Waals surface area contributed by atoms with Crippen molar-refractivity contribution < 1.29 is 25.2 Å². The van der Waals surface area contributed by atoms with E-state index >= 15 is 0 Å². The average molecular weight is 768 g/mol. The van der Waals surface area contributed by atoms with Crippen LogP contribution in [-0.2, 0) is 4.79 Å². The zero-order valence-electron chi connectivity index (χ0n) is 36.5. The summed E-state index contributed by atoms with van der Waals surface area (Å²) in [6.45, 7) is 4.05. The van der Waals surface area contributed by atoms with E-state index in [0.717, 1.165) is 38.5 Å². The predicted molar refractivity (Wildman–Crippen MR) is 233 cm³/mol. The fraction of sp³-hybridized carbons (Fsp3) is 0.979. The second-order valence-corrected chi connectivity index (χ2v) is 17.2. The number of carbonyl (C=O) groups is 1. The third-order valence-corrected chi connectivity index (χ3v) is 11.8. The van der Waals surface area contributed by atoms with Crippen LogP contribution in [0, 0.1) is 0 Å². The van der Waals surface area contributed by atoms with Crippen LogP contribution in [0.3, 0.4) is 0 Å². The maximum absolute atomic E-state index is 12.5. The molecule has 0 spiro atoms.